The van der Waals surface area contributed by atoms with Crippen LogP contribution in [0.3, 0.4) is 0 Å². The van der Waals surface area contributed by atoms with Gasteiger partial charge >= 0.3 is 0 Å². The van der Waals surface area contributed by atoms with Crippen molar-refractivity contribution in [2.45, 2.75) is 26.2 Å². The van der Waals surface area contributed by atoms with E-state index in [9.17, 15) is 0 Å². The van der Waals surface area contributed by atoms with Crippen molar-refractivity contribution in [1.29, 1.82) is 0 Å². The Labute approximate surface area is 266 Å². The molecular formula is C44H35N. The Morgan fingerprint density at radius 2 is 1.04 bits per heavy atom. The standard InChI is InChI=1S/C44H35N/c1-30-13-7-9-17-36(30)43-37-18-10-8-14-31(37)23-27-38(43)32-21-24-34(25-22-32)45(33-15-5-4-6-16-33)35-26-28-40-39-19-11-12-20-41(39)44(2,3)42(40)29-35/h4-29H,1-3H3. The number of fused-ring (bicyclic) bond motifs is 4. The number of hydrogen-bond donors (Lipinski definition) is 0. The number of para-hydroxylation sites is 1. The van der Waals surface area contributed by atoms with Crippen LogP contribution in [0, 0.1) is 6.92 Å². The molecule has 0 radical (unpaired) electrons. The van der Waals surface area contributed by atoms with E-state index in [1.807, 2.05) is 0 Å². The van der Waals surface area contributed by atoms with Crippen LogP contribution in [-0.2, 0) is 5.41 Å². The van der Waals surface area contributed by atoms with Crippen molar-refractivity contribution < 1.29 is 0 Å². The molecule has 0 saturated carbocycles. The van der Waals surface area contributed by atoms with Crippen LogP contribution in [0.25, 0.3) is 44.2 Å². The first-order valence-corrected chi connectivity index (χ1v) is 15.8. The Morgan fingerprint density at radius 3 is 1.84 bits per heavy atom. The van der Waals surface area contributed by atoms with Gasteiger partial charge in [-0.2, -0.15) is 0 Å². The number of anilines is 3. The average molecular weight is 578 g/mol. The molecule has 1 heteroatoms. The lowest BCUT2D eigenvalue weighted by molar-refractivity contribution is 0.660. The molecule has 0 unspecified atom stereocenters. The normalized spacial score (nSPS) is 13.0. The fourth-order valence-electron chi connectivity index (χ4n) is 7.30. The Hall–Kier alpha value is -5.40. The van der Waals surface area contributed by atoms with E-state index in [0.29, 0.717) is 0 Å². The van der Waals surface area contributed by atoms with E-state index < -0.39 is 0 Å². The molecule has 7 aromatic carbocycles. The van der Waals surface area contributed by atoms with E-state index in [1.54, 1.807) is 0 Å². The van der Waals surface area contributed by atoms with Gasteiger partial charge in [0.15, 0.2) is 0 Å². The molecule has 0 spiro atoms. The van der Waals surface area contributed by atoms with E-state index in [0.717, 1.165) is 11.4 Å². The van der Waals surface area contributed by atoms with Crippen LogP contribution in [-0.4, -0.2) is 0 Å². The fourth-order valence-corrected chi connectivity index (χ4v) is 7.30. The van der Waals surface area contributed by atoms with Crippen LogP contribution >= 0.6 is 0 Å². The minimum absolute atomic E-state index is 0.0593. The zero-order valence-electron chi connectivity index (χ0n) is 26.0. The smallest absolute Gasteiger partial charge is 0.0465 e. The number of hydrogen-bond acceptors (Lipinski definition) is 1. The Balaban J connectivity index is 1.26. The third kappa shape index (κ3) is 4.47. The van der Waals surface area contributed by atoms with E-state index in [4.69, 9.17) is 0 Å². The molecule has 0 fully saturated rings. The summed E-state index contributed by atoms with van der Waals surface area (Å²) in [7, 11) is 0. The molecule has 45 heavy (non-hydrogen) atoms. The highest BCUT2D eigenvalue weighted by Crippen LogP contribution is 2.50. The number of aryl methyl sites for hydroxylation is 1. The van der Waals surface area contributed by atoms with Gasteiger partial charge in [-0.1, -0.05) is 135 Å². The third-order valence-corrected chi connectivity index (χ3v) is 9.62. The van der Waals surface area contributed by atoms with Gasteiger partial charge in [0, 0.05) is 22.5 Å². The predicted octanol–water partition coefficient (Wildman–Crippen LogP) is 12.3. The molecule has 0 bridgehead atoms. The van der Waals surface area contributed by atoms with Gasteiger partial charge in [-0.05, 0) is 104 Å². The van der Waals surface area contributed by atoms with Crippen LogP contribution in [0.15, 0.2) is 158 Å². The van der Waals surface area contributed by atoms with E-state index >= 15 is 0 Å². The number of rotatable bonds is 5. The Bertz CT molecular complexity index is 2190. The lowest BCUT2D eigenvalue weighted by Gasteiger charge is -2.28. The topological polar surface area (TPSA) is 3.24 Å². The molecule has 0 N–H and O–H groups in total. The lowest BCUT2D eigenvalue weighted by Crippen LogP contribution is -2.16. The van der Waals surface area contributed by atoms with Crippen LogP contribution in [0.2, 0.25) is 0 Å². The summed E-state index contributed by atoms with van der Waals surface area (Å²) in [5.41, 5.74) is 15.1. The van der Waals surface area contributed by atoms with Gasteiger partial charge in [0.05, 0.1) is 0 Å². The highest BCUT2D eigenvalue weighted by Gasteiger charge is 2.35. The molecule has 1 nitrogen and oxygen atoms in total. The summed E-state index contributed by atoms with van der Waals surface area (Å²) in [4.78, 5) is 2.38. The molecule has 1 aliphatic carbocycles. The highest BCUT2D eigenvalue weighted by atomic mass is 15.1. The third-order valence-electron chi connectivity index (χ3n) is 9.62. The molecule has 0 amide bonds. The predicted molar refractivity (Wildman–Crippen MR) is 192 cm³/mol. The van der Waals surface area contributed by atoms with Crippen molar-refractivity contribution in [3.63, 3.8) is 0 Å². The first-order valence-electron chi connectivity index (χ1n) is 15.8. The molecule has 8 rings (SSSR count). The summed E-state index contributed by atoms with van der Waals surface area (Å²) in [5, 5.41) is 2.54. The average Bonchev–Trinajstić information content (AvgIpc) is 3.31. The van der Waals surface area contributed by atoms with Gasteiger partial charge in [-0.15, -0.1) is 0 Å². The first-order chi connectivity index (χ1) is 22.0. The van der Waals surface area contributed by atoms with Crippen LogP contribution in [0.1, 0.15) is 30.5 Å². The van der Waals surface area contributed by atoms with E-state index in [1.165, 1.54) is 66.5 Å². The fraction of sp³-hybridized carbons (Fsp3) is 0.0909. The van der Waals surface area contributed by atoms with Crippen molar-refractivity contribution >= 4 is 27.8 Å². The highest BCUT2D eigenvalue weighted by molar-refractivity contribution is 6.04. The molecule has 0 atom stereocenters. The number of nitrogens with zero attached hydrogens (tertiary/aromatic N) is 1. The monoisotopic (exact) mass is 577 g/mol. The van der Waals surface area contributed by atoms with Crippen molar-refractivity contribution in [3.05, 3.63) is 174 Å². The molecule has 0 heterocycles. The Kier molecular flexibility index (Phi) is 6.43. The van der Waals surface area contributed by atoms with Crippen molar-refractivity contribution in [3.8, 4) is 33.4 Å². The molecule has 7 aromatic rings. The van der Waals surface area contributed by atoms with Gasteiger partial charge in [0.1, 0.15) is 0 Å². The maximum Gasteiger partial charge on any atom is 0.0465 e. The minimum Gasteiger partial charge on any atom is -0.310 e. The first kappa shape index (κ1) is 27.2. The van der Waals surface area contributed by atoms with Crippen molar-refractivity contribution in [2.75, 3.05) is 4.90 Å². The maximum atomic E-state index is 2.40. The quantitative estimate of drug-likeness (QED) is 0.197. The van der Waals surface area contributed by atoms with E-state index in [-0.39, 0.29) is 5.41 Å². The summed E-state index contributed by atoms with van der Waals surface area (Å²) < 4.78 is 0. The van der Waals surface area contributed by atoms with Crippen LogP contribution in [0.4, 0.5) is 17.1 Å². The zero-order chi connectivity index (χ0) is 30.5. The summed E-state index contributed by atoms with van der Waals surface area (Å²) in [6.45, 7) is 6.90. The molecule has 0 saturated heterocycles. The minimum atomic E-state index is -0.0593. The molecule has 0 aliphatic heterocycles. The number of benzene rings is 7. The maximum absolute atomic E-state index is 2.40. The van der Waals surface area contributed by atoms with Gasteiger partial charge in [0.2, 0.25) is 0 Å². The van der Waals surface area contributed by atoms with Crippen molar-refractivity contribution in [1.82, 2.24) is 0 Å². The van der Waals surface area contributed by atoms with Gasteiger partial charge < -0.3 is 4.90 Å². The summed E-state index contributed by atoms with van der Waals surface area (Å²) in [5.74, 6) is 0. The van der Waals surface area contributed by atoms with Crippen LogP contribution < -0.4 is 4.90 Å². The SMILES string of the molecule is Cc1ccccc1-c1c(-c2ccc(N(c3ccccc3)c3ccc4c(c3)C(C)(C)c3ccccc3-4)cc2)ccc2ccccc12. The second-order valence-corrected chi connectivity index (χ2v) is 12.6. The Morgan fingerprint density at radius 1 is 0.444 bits per heavy atom. The molecular weight excluding hydrogens is 542 g/mol. The second kappa shape index (κ2) is 10.6. The van der Waals surface area contributed by atoms with Gasteiger partial charge in [-0.3, -0.25) is 0 Å². The van der Waals surface area contributed by atoms with Crippen molar-refractivity contribution in [2.24, 2.45) is 0 Å². The zero-order valence-corrected chi connectivity index (χ0v) is 26.0. The summed E-state index contributed by atoms with van der Waals surface area (Å²) in [6, 6.07) is 57.6. The second-order valence-electron chi connectivity index (χ2n) is 12.6. The summed E-state index contributed by atoms with van der Waals surface area (Å²) >= 11 is 0. The molecule has 1 aliphatic rings. The molecule has 216 valence electrons. The molecule has 0 aromatic heterocycles. The van der Waals surface area contributed by atoms with Gasteiger partial charge in [-0.25, -0.2) is 0 Å². The largest absolute Gasteiger partial charge is 0.310 e. The lowest BCUT2D eigenvalue weighted by atomic mass is 9.82. The van der Waals surface area contributed by atoms with Crippen LogP contribution in [0.5, 0.6) is 0 Å². The summed E-state index contributed by atoms with van der Waals surface area (Å²) in [6.07, 6.45) is 0. The van der Waals surface area contributed by atoms with Gasteiger partial charge in [0.25, 0.3) is 0 Å². The van der Waals surface area contributed by atoms with E-state index in [2.05, 4.69) is 183 Å².